The van der Waals surface area contributed by atoms with E-state index in [1.165, 1.54) is 17.1 Å². The van der Waals surface area contributed by atoms with Gasteiger partial charge in [-0.25, -0.2) is 4.79 Å². The maximum Gasteiger partial charge on any atom is 0.319 e. The smallest absolute Gasteiger partial charge is 0.319 e. The van der Waals surface area contributed by atoms with Gasteiger partial charge in [-0.3, -0.25) is 14.4 Å². The van der Waals surface area contributed by atoms with Crippen molar-refractivity contribution in [3.63, 3.8) is 0 Å². The molecule has 0 unspecified atom stereocenters. The quantitative estimate of drug-likeness (QED) is 0.158. The van der Waals surface area contributed by atoms with Crippen LogP contribution in [0.5, 0.6) is 0 Å². The molecule has 0 aliphatic heterocycles. The van der Waals surface area contributed by atoms with E-state index in [1.54, 1.807) is 30.3 Å². The average molecular weight is 583 g/mol. The van der Waals surface area contributed by atoms with E-state index in [0.29, 0.717) is 17.1 Å². The highest BCUT2D eigenvalue weighted by molar-refractivity contribution is 6.00. The van der Waals surface area contributed by atoms with Crippen molar-refractivity contribution in [1.82, 2.24) is 30.8 Å². The van der Waals surface area contributed by atoms with Crippen molar-refractivity contribution >= 4 is 41.3 Å². The van der Waals surface area contributed by atoms with E-state index >= 15 is 0 Å². The predicted octanol–water partition coefficient (Wildman–Crippen LogP) is 2.95. The number of hydrogen-bond donors (Lipinski definition) is 5. The number of benzene rings is 3. The second-order valence-electron chi connectivity index (χ2n) is 9.49. The third kappa shape index (κ3) is 9.35. The number of carbonyl (C=O) groups is 4. The highest BCUT2D eigenvalue weighted by Gasteiger charge is 2.21. The van der Waals surface area contributed by atoms with Gasteiger partial charge >= 0.3 is 12.0 Å². The number of amides is 4. The summed E-state index contributed by atoms with van der Waals surface area (Å²) in [6, 6.07) is 19.9. The van der Waals surface area contributed by atoms with Crippen molar-refractivity contribution in [2.45, 2.75) is 25.8 Å². The number of nitrogens with one attached hydrogen (secondary N) is 4. The number of tetrazole rings is 1. The third-order valence-corrected chi connectivity index (χ3v) is 6.14. The number of nitrogens with zero attached hydrogens (tertiary/aromatic N) is 4. The van der Waals surface area contributed by atoms with E-state index in [0.717, 1.165) is 16.7 Å². The fraction of sp³-hybridized carbons (Fsp3) is 0.167. The van der Waals surface area contributed by atoms with Crippen LogP contribution >= 0.6 is 0 Å². The Morgan fingerprint density at radius 3 is 2.35 bits per heavy atom. The normalized spacial score (nSPS) is 11.5. The standard InChI is InChI=1S/C30H30N8O5/c1-20-7-13-26(38-19-32-36-37-38)22(17-20)8-14-27(39)35-25(18-21-5-3-2-4-6-21)29(42)33-23-9-11-24(12-10-23)34-30(43)31-16-15-28(40)41/h2-14,17,19,25H,15-16,18H2,1H3,(H,33,42)(H,35,39)(H,40,41)(H2,31,34,43)/b14-8+/t25-/m0/s1. The zero-order valence-corrected chi connectivity index (χ0v) is 23.2. The molecule has 0 saturated carbocycles. The molecule has 0 aliphatic carbocycles. The first-order valence-corrected chi connectivity index (χ1v) is 13.3. The van der Waals surface area contributed by atoms with E-state index in [4.69, 9.17) is 5.11 Å². The first kappa shape index (κ1) is 30.1. The summed E-state index contributed by atoms with van der Waals surface area (Å²) in [6.45, 7) is 1.92. The van der Waals surface area contributed by atoms with Crippen molar-refractivity contribution in [2.24, 2.45) is 0 Å². The topological polar surface area (TPSA) is 180 Å². The Labute approximate surface area is 247 Å². The average Bonchev–Trinajstić information content (AvgIpc) is 3.52. The molecule has 5 N–H and O–H groups in total. The molecular formula is C30H30N8O5. The number of aliphatic carboxylic acids is 1. The molecule has 0 fully saturated rings. The summed E-state index contributed by atoms with van der Waals surface area (Å²) in [7, 11) is 0. The monoisotopic (exact) mass is 582 g/mol. The molecule has 4 aromatic rings. The number of rotatable bonds is 12. The number of carboxylic acid groups (broad SMARTS) is 1. The van der Waals surface area contributed by atoms with Gasteiger partial charge in [-0.2, -0.15) is 4.68 Å². The van der Waals surface area contributed by atoms with E-state index in [-0.39, 0.29) is 19.4 Å². The maximum absolute atomic E-state index is 13.3. The number of hydrogen-bond acceptors (Lipinski definition) is 7. The Morgan fingerprint density at radius 1 is 0.953 bits per heavy atom. The van der Waals surface area contributed by atoms with Crippen LogP contribution in [-0.4, -0.2) is 61.7 Å². The fourth-order valence-electron chi connectivity index (χ4n) is 4.06. The molecule has 1 heterocycles. The molecular weight excluding hydrogens is 552 g/mol. The summed E-state index contributed by atoms with van der Waals surface area (Å²) < 4.78 is 1.50. The van der Waals surface area contributed by atoms with Crippen LogP contribution in [0.3, 0.4) is 0 Å². The summed E-state index contributed by atoms with van der Waals surface area (Å²) >= 11 is 0. The van der Waals surface area contributed by atoms with Gasteiger partial charge in [0.15, 0.2) is 0 Å². The van der Waals surface area contributed by atoms with Crippen LogP contribution < -0.4 is 21.3 Å². The number of urea groups is 1. The zero-order chi connectivity index (χ0) is 30.6. The summed E-state index contributed by atoms with van der Waals surface area (Å²) in [5.41, 5.74) is 4.15. The van der Waals surface area contributed by atoms with E-state index < -0.39 is 29.9 Å². The highest BCUT2D eigenvalue weighted by atomic mass is 16.4. The van der Waals surface area contributed by atoms with Crippen molar-refractivity contribution in [3.05, 3.63) is 102 Å². The minimum Gasteiger partial charge on any atom is -0.481 e. The van der Waals surface area contributed by atoms with Crippen LogP contribution in [0.2, 0.25) is 0 Å². The summed E-state index contributed by atoms with van der Waals surface area (Å²) in [5.74, 6) is -1.91. The lowest BCUT2D eigenvalue weighted by Gasteiger charge is -2.18. The highest BCUT2D eigenvalue weighted by Crippen LogP contribution is 2.18. The molecule has 0 saturated heterocycles. The summed E-state index contributed by atoms with van der Waals surface area (Å²) in [5, 5.41) is 30.6. The van der Waals surface area contributed by atoms with Gasteiger partial charge in [0.05, 0.1) is 12.1 Å². The van der Waals surface area contributed by atoms with Gasteiger partial charge in [-0.1, -0.05) is 42.0 Å². The lowest BCUT2D eigenvalue weighted by molar-refractivity contribution is -0.136. The minimum absolute atomic E-state index is 0.00945. The lowest BCUT2D eigenvalue weighted by atomic mass is 10.0. The van der Waals surface area contributed by atoms with Crippen LogP contribution in [0, 0.1) is 6.92 Å². The molecule has 4 rings (SSSR count). The fourth-order valence-corrected chi connectivity index (χ4v) is 4.06. The van der Waals surface area contributed by atoms with Gasteiger partial charge in [-0.15, -0.1) is 5.10 Å². The van der Waals surface area contributed by atoms with E-state index in [9.17, 15) is 19.2 Å². The lowest BCUT2D eigenvalue weighted by Crippen LogP contribution is -2.44. The molecule has 13 nitrogen and oxygen atoms in total. The minimum atomic E-state index is -1.01. The number of aryl methyl sites for hydroxylation is 1. The van der Waals surface area contributed by atoms with Gasteiger partial charge < -0.3 is 26.4 Å². The molecule has 3 aromatic carbocycles. The van der Waals surface area contributed by atoms with Gasteiger partial charge in [0, 0.05) is 36.0 Å². The summed E-state index contributed by atoms with van der Waals surface area (Å²) in [4.78, 5) is 48.8. The first-order valence-electron chi connectivity index (χ1n) is 13.3. The van der Waals surface area contributed by atoms with Gasteiger partial charge in [0.25, 0.3) is 0 Å². The van der Waals surface area contributed by atoms with E-state index in [2.05, 4.69) is 36.8 Å². The molecule has 0 spiro atoms. The number of anilines is 2. The van der Waals surface area contributed by atoms with Gasteiger partial charge in [0.2, 0.25) is 11.8 Å². The molecule has 0 aliphatic rings. The Bertz CT molecular complexity index is 1590. The molecule has 1 atom stereocenters. The van der Waals surface area contributed by atoms with Gasteiger partial charge in [0.1, 0.15) is 12.4 Å². The second-order valence-corrected chi connectivity index (χ2v) is 9.49. The van der Waals surface area contributed by atoms with Crippen LogP contribution in [0.4, 0.5) is 16.2 Å². The van der Waals surface area contributed by atoms with Crippen LogP contribution in [-0.2, 0) is 20.8 Å². The van der Waals surface area contributed by atoms with E-state index in [1.807, 2.05) is 55.5 Å². The number of aromatic nitrogens is 4. The van der Waals surface area contributed by atoms with Crippen LogP contribution in [0.15, 0.2) is 85.2 Å². The SMILES string of the molecule is Cc1ccc(-n2cnnn2)c(/C=C/C(=O)N[C@@H](Cc2ccccc2)C(=O)Nc2ccc(NC(=O)NCCC(=O)O)cc2)c1. The van der Waals surface area contributed by atoms with Crippen molar-refractivity contribution < 1.29 is 24.3 Å². The zero-order valence-electron chi connectivity index (χ0n) is 23.2. The Balaban J connectivity index is 1.43. The van der Waals surface area contributed by atoms with Crippen LogP contribution in [0.25, 0.3) is 11.8 Å². The van der Waals surface area contributed by atoms with Gasteiger partial charge in [-0.05, 0) is 65.4 Å². The Morgan fingerprint density at radius 2 is 1.67 bits per heavy atom. The third-order valence-electron chi connectivity index (χ3n) is 6.14. The second kappa shape index (κ2) is 14.7. The van der Waals surface area contributed by atoms with Crippen molar-refractivity contribution in [1.29, 1.82) is 0 Å². The molecule has 43 heavy (non-hydrogen) atoms. The Hall–Kier alpha value is -5.85. The first-order chi connectivity index (χ1) is 20.8. The van der Waals surface area contributed by atoms with Crippen LogP contribution in [0.1, 0.15) is 23.1 Å². The number of carboxylic acids is 1. The largest absolute Gasteiger partial charge is 0.481 e. The molecule has 220 valence electrons. The maximum atomic E-state index is 13.3. The molecule has 13 heteroatoms. The predicted molar refractivity (Wildman–Crippen MR) is 159 cm³/mol. The molecule has 0 radical (unpaired) electrons. The van der Waals surface area contributed by atoms with Crippen molar-refractivity contribution in [2.75, 3.05) is 17.2 Å². The molecule has 0 bridgehead atoms. The summed E-state index contributed by atoms with van der Waals surface area (Å²) in [6.07, 6.45) is 4.52. The molecule has 1 aromatic heterocycles. The van der Waals surface area contributed by atoms with Crippen molar-refractivity contribution in [3.8, 4) is 5.69 Å². The molecule has 4 amide bonds. The number of carbonyl (C=O) groups excluding carboxylic acids is 3. The Kier molecular flexibility index (Phi) is 10.3.